The summed E-state index contributed by atoms with van der Waals surface area (Å²) < 4.78 is 4.86. The maximum Gasteiger partial charge on any atom is 0.364 e. The predicted octanol–water partition coefficient (Wildman–Crippen LogP) is -3.91. The van der Waals surface area contributed by atoms with Crippen molar-refractivity contribution >= 4 is 11.9 Å². The number of carbonyl (C=O) groups is 2. The van der Waals surface area contributed by atoms with Gasteiger partial charge in [0.2, 0.25) is 5.91 Å². The monoisotopic (exact) mass is 308 g/mol. The highest BCUT2D eigenvalue weighted by molar-refractivity contribution is 5.75. The van der Waals surface area contributed by atoms with Crippen LogP contribution >= 0.6 is 0 Å². The fourth-order valence-corrected chi connectivity index (χ4v) is 2.01. The second-order valence-corrected chi connectivity index (χ2v) is 5.02. The Morgan fingerprint density at radius 1 is 1.48 bits per heavy atom. The first-order valence-corrected chi connectivity index (χ1v) is 6.26. The molecule has 0 aliphatic carbocycles. The van der Waals surface area contributed by atoms with E-state index in [9.17, 15) is 30.0 Å². The summed E-state index contributed by atoms with van der Waals surface area (Å²) >= 11 is 0. The molecule has 10 nitrogen and oxygen atoms in total. The normalized spacial score (nSPS) is 35.8. The Kier molecular flexibility index (Phi) is 5.61. The van der Waals surface area contributed by atoms with Gasteiger partial charge in [0.05, 0.1) is 18.2 Å². The lowest BCUT2D eigenvalue weighted by atomic mass is 9.89. The van der Waals surface area contributed by atoms with Crippen molar-refractivity contribution in [3.05, 3.63) is 0 Å². The predicted molar refractivity (Wildman–Crippen MR) is 66.8 cm³/mol. The van der Waals surface area contributed by atoms with Gasteiger partial charge in [-0.25, -0.2) is 4.79 Å². The molecule has 0 bridgehead atoms. The number of carboxylic acid groups (broad SMARTS) is 1. The lowest BCUT2D eigenvalue weighted by molar-refractivity contribution is -0.291. The summed E-state index contributed by atoms with van der Waals surface area (Å²) in [5.74, 6) is -4.91. The van der Waals surface area contributed by atoms with E-state index in [4.69, 9.17) is 15.6 Å². The molecular weight excluding hydrogens is 288 g/mol. The van der Waals surface area contributed by atoms with E-state index < -0.39 is 54.5 Å². The zero-order chi connectivity index (χ0) is 16.4. The van der Waals surface area contributed by atoms with Crippen molar-refractivity contribution in [2.45, 2.75) is 49.6 Å². The highest BCUT2D eigenvalue weighted by atomic mass is 16.7. The minimum atomic E-state index is -2.71. The Morgan fingerprint density at radius 2 is 2.05 bits per heavy atom. The molecule has 0 radical (unpaired) electrons. The summed E-state index contributed by atoms with van der Waals surface area (Å²) in [6, 6.07) is -1.22. The Labute approximate surface area is 120 Å². The quantitative estimate of drug-likeness (QED) is 0.267. The topological polar surface area (TPSA) is 183 Å². The molecule has 1 aliphatic rings. The van der Waals surface area contributed by atoms with Crippen LogP contribution in [-0.2, 0) is 14.3 Å². The summed E-state index contributed by atoms with van der Waals surface area (Å²) in [4.78, 5) is 21.7. The van der Waals surface area contributed by atoms with Gasteiger partial charge in [-0.05, 0) is 0 Å². The maximum atomic E-state index is 11.0. The van der Waals surface area contributed by atoms with Crippen LogP contribution in [0.5, 0.6) is 0 Å². The zero-order valence-electron chi connectivity index (χ0n) is 11.3. The van der Waals surface area contributed by atoms with Gasteiger partial charge in [0.15, 0.2) is 0 Å². The molecular formula is C11H20N2O8. The van der Waals surface area contributed by atoms with Crippen LogP contribution in [0.15, 0.2) is 0 Å². The minimum absolute atomic E-state index is 0.329. The van der Waals surface area contributed by atoms with Crippen LogP contribution in [0.25, 0.3) is 0 Å². The number of aliphatic hydroxyl groups is 4. The third-order valence-corrected chi connectivity index (χ3v) is 3.27. The molecule has 21 heavy (non-hydrogen) atoms. The third-order valence-electron chi connectivity index (χ3n) is 3.27. The van der Waals surface area contributed by atoms with Gasteiger partial charge < -0.3 is 41.3 Å². The van der Waals surface area contributed by atoms with Crippen molar-refractivity contribution in [1.29, 1.82) is 0 Å². The SMILES string of the molecule is CC(=O)NC[C@@H](O)[C@@H](O)[C@@H]1OC(O)(C(=O)O)C[C@H](O)[C@H]1N. The van der Waals surface area contributed by atoms with E-state index in [1.807, 2.05) is 0 Å². The number of aliphatic hydroxyl groups excluding tert-OH is 3. The van der Waals surface area contributed by atoms with Gasteiger partial charge in [0.25, 0.3) is 5.79 Å². The molecule has 10 heteroatoms. The van der Waals surface area contributed by atoms with E-state index in [1.54, 1.807) is 0 Å². The standard InChI is InChI=1S/C11H20N2O8/c1-4(14)13-3-6(16)8(17)9-7(12)5(15)2-11(20,21-9)10(18)19/h5-9,15-17,20H,2-3,12H2,1H3,(H,13,14)(H,18,19)/t5-,6+,7+,8+,9+,11?/m0/s1. The summed E-state index contributed by atoms with van der Waals surface area (Å²) in [5.41, 5.74) is 5.60. The number of hydrogen-bond acceptors (Lipinski definition) is 8. The Morgan fingerprint density at radius 3 is 2.52 bits per heavy atom. The highest BCUT2D eigenvalue weighted by Gasteiger charge is 2.52. The van der Waals surface area contributed by atoms with Gasteiger partial charge in [0, 0.05) is 19.9 Å². The Bertz CT molecular complexity index is 406. The molecule has 6 atom stereocenters. The molecule has 8 N–H and O–H groups in total. The first-order chi connectivity index (χ1) is 9.58. The van der Waals surface area contributed by atoms with Crippen LogP contribution in [-0.4, -0.2) is 80.2 Å². The van der Waals surface area contributed by atoms with E-state index in [-0.39, 0.29) is 6.54 Å². The van der Waals surface area contributed by atoms with Crippen LogP contribution < -0.4 is 11.1 Å². The number of nitrogens with one attached hydrogen (secondary N) is 1. The van der Waals surface area contributed by atoms with E-state index in [2.05, 4.69) is 5.32 Å². The zero-order valence-corrected chi connectivity index (χ0v) is 11.3. The van der Waals surface area contributed by atoms with Gasteiger partial charge in [-0.2, -0.15) is 0 Å². The van der Waals surface area contributed by atoms with Crippen molar-refractivity contribution in [3.63, 3.8) is 0 Å². The summed E-state index contributed by atoms with van der Waals surface area (Å²) in [5, 5.41) is 50.2. The molecule has 1 unspecified atom stereocenters. The molecule has 0 saturated carbocycles. The lowest BCUT2D eigenvalue weighted by Gasteiger charge is -2.43. The Balaban J connectivity index is 2.82. The molecule has 1 aliphatic heterocycles. The van der Waals surface area contributed by atoms with Crippen LogP contribution in [0.1, 0.15) is 13.3 Å². The van der Waals surface area contributed by atoms with Gasteiger partial charge >= 0.3 is 5.97 Å². The van der Waals surface area contributed by atoms with Gasteiger partial charge in [-0.15, -0.1) is 0 Å². The molecule has 0 spiro atoms. The molecule has 1 fully saturated rings. The fraction of sp³-hybridized carbons (Fsp3) is 0.818. The second kappa shape index (κ2) is 6.64. The molecule has 0 aromatic carbocycles. The molecule has 1 rings (SSSR count). The highest BCUT2D eigenvalue weighted by Crippen LogP contribution is 2.29. The van der Waals surface area contributed by atoms with E-state index in [1.165, 1.54) is 6.92 Å². The molecule has 122 valence electrons. The average molecular weight is 308 g/mol. The maximum absolute atomic E-state index is 11.0. The number of aliphatic carboxylic acids is 1. The molecule has 1 heterocycles. The molecule has 1 amide bonds. The van der Waals surface area contributed by atoms with Crippen LogP contribution in [0.4, 0.5) is 0 Å². The van der Waals surface area contributed by atoms with Crippen molar-refractivity contribution < 1.29 is 39.9 Å². The third kappa shape index (κ3) is 4.09. The van der Waals surface area contributed by atoms with Crippen LogP contribution in [0.3, 0.4) is 0 Å². The van der Waals surface area contributed by atoms with Gasteiger partial charge in [0.1, 0.15) is 12.2 Å². The fourth-order valence-electron chi connectivity index (χ4n) is 2.01. The molecule has 0 aromatic heterocycles. The van der Waals surface area contributed by atoms with Crippen molar-refractivity contribution in [3.8, 4) is 0 Å². The largest absolute Gasteiger partial charge is 0.477 e. The number of carbonyl (C=O) groups excluding carboxylic acids is 1. The number of hydrogen-bond donors (Lipinski definition) is 7. The molecule has 0 aromatic rings. The van der Waals surface area contributed by atoms with Crippen LogP contribution in [0, 0.1) is 0 Å². The summed E-state index contributed by atoms with van der Waals surface area (Å²) in [6.07, 6.45) is -6.89. The number of rotatable bonds is 5. The number of carboxylic acids is 1. The van der Waals surface area contributed by atoms with E-state index in [0.717, 1.165) is 0 Å². The van der Waals surface area contributed by atoms with Crippen molar-refractivity contribution in [2.24, 2.45) is 5.73 Å². The minimum Gasteiger partial charge on any atom is -0.477 e. The number of nitrogens with two attached hydrogens (primary N) is 1. The van der Waals surface area contributed by atoms with E-state index >= 15 is 0 Å². The second-order valence-electron chi connectivity index (χ2n) is 5.02. The Hall–Kier alpha value is -1.30. The van der Waals surface area contributed by atoms with E-state index in [0.29, 0.717) is 0 Å². The number of amides is 1. The van der Waals surface area contributed by atoms with Crippen molar-refractivity contribution in [1.82, 2.24) is 5.32 Å². The van der Waals surface area contributed by atoms with Gasteiger partial charge in [-0.3, -0.25) is 4.79 Å². The number of ether oxygens (including phenoxy) is 1. The average Bonchev–Trinajstić information content (AvgIpc) is 2.39. The smallest absolute Gasteiger partial charge is 0.364 e. The van der Waals surface area contributed by atoms with Crippen molar-refractivity contribution in [2.75, 3.05) is 6.54 Å². The summed E-state index contributed by atoms with van der Waals surface area (Å²) in [6.45, 7) is 0.875. The lowest BCUT2D eigenvalue weighted by Crippen LogP contribution is -2.66. The summed E-state index contributed by atoms with van der Waals surface area (Å²) in [7, 11) is 0. The van der Waals surface area contributed by atoms with Crippen LogP contribution in [0.2, 0.25) is 0 Å². The first-order valence-electron chi connectivity index (χ1n) is 6.26. The van der Waals surface area contributed by atoms with Gasteiger partial charge in [-0.1, -0.05) is 0 Å². The first kappa shape index (κ1) is 17.8. The molecule has 1 saturated heterocycles.